The first kappa shape index (κ1) is 17.5. The fourth-order valence-electron chi connectivity index (χ4n) is 2.21. The molecule has 1 atom stereocenters. The average Bonchev–Trinajstić information content (AvgIpc) is 2.58. The molecule has 0 spiro atoms. The van der Waals surface area contributed by atoms with Crippen LogP contribution in [0.2, 0.25) is 0 Å². The Morgan fingerprint density at radius 3 is 2.50 bits per heavy atom. The summed E-state index contributed by atoms with van der Waals surface area (Å²) >= 11 is 0. The third-order valence-electron chi connectivity index (χ3n) is 3.52. The summed E-state index contributed by atoms with van der Waals surface area (Å²) in [6.07, 6.45) is 3.28. The SMILES string of the molecule is CCOc1ccc(NC(=O)C(=O)NC(C)c2ccncc2)c(C)c1. The highest BCUT2D eigenvalue weighted by atomic mass is 16.5. The lowest BCUT2D eigenvalue weighted by Gasteiger charge is -2.14. The van der Waals surface area contributed by atoms with Gasteiger partial charge in [-0.05, 0) is 62.2 Å². The van der Waals surface area contributed by atoms with Crippen molar-refractivity contribution in [3.05, 3.63) is 53.9 Å². The highest BCUT2D eigenvalue weighted by Gasteiger charge is 2.18. The van der Waals surface area contributed by atoms with Crippen LogP contribution >= 0.6 is 0 Å². The minimum atomic E-state index is -0.705. The standard InChI is InChI=1S/C18H21N3O3/c1-4-24-15-5-6-16(12(2)11-15)21-18(23)17(22)20-13(3)14-7-9-19-10-8-14/h5-11,13H,4H2,1-3H3,(H,20,22)(H,21,23). The van der Waals surface area contributed by atoms with E-state index in [9.17, 15) is 9.59 Å². The van der Waals surface area contributed by atoms with Crippen LogP contribution in [0.5, 0.6) is 5.75 Å². The fourth-order valence-corrected chi connectivity index (χ4v) is 2.21. The second-order valence-corrected chi connectivity index (χ2v) is 5.34. The number of hydrogen-bond donors (Lipinski definition) is 2. The number of aromatic nitrogens is 1. The number of carbonyl (C=O) groups excluding carboxylic acids is 2. The smallest absolute Gasteiger partial charge is 0.313 e. The molecule has 1 aromatic heterocycles. The molecule has 1 aromatic carbocycles. The number of amides is 2. The lowest BCUT2D eigenvalue weighted by Crippen LogP contribution is -2.37. The predicted octanol–water partition coefficient (Wildman–Crippen LogP) is 2.60. The molecule has 0 aliphatic carbocycles. The Balaban J connectivity index is 1.98. The van der Waals surface area contributed by atoms with E-state index in [4.69, 9.17) is 4.74 Å². The molecule has 1 unspecified atom stereocenters. The molecule has 0 radical (unpaired) electrons. The van der Waals surface area contributed by atoms with Gasteiger partial charge in [0.15, 0.2) is 0 Å². The lowest BCUT2D eigenvalue weighted by molar-refractivity contribution is -0.136. The van der Waals surface area contributed by atoms with Gasteiger partial charge in [0.05, 0.1) is 12.6 Å². The summed E-state index contributed by atoms with van der Waals surface area (Å²) in [6.45, 7) is 6.12. The molecule has 2 rings (SSSR count). The van der Waals surface area contributed by atoms with Crippen LogP contribution in [0.15, 0.2) is 42.7 Å². The van der Waals surface area contributed by atoms with Gasteiger partial charge in [-0.1, -0.05) is 0 Å². The van der Waals surface area contributed by atoms with Crippen LogP contribution in [-0.4, -0.2) is 23.4 Å². The quantitative estimate of drug-likeness (QED) is 0.827. The largest absolute Gasteiger partial charge is 0.494 e. The second-order valence-electron chi connectivity index (χ2n) is 5.34. The lowest BCUT2D eigenvalue weighted by atomic mass is 10.1. The molecule has 0 fully saturated rings. The molecule has 0 saturated carbocycles. The first-order chi connectivity index (χ1) is 11.5. The van der Waals surface area contributed by atoms with Crippen molar-refractivity contribution in [2.24, 2.45) is 0 Å². The van der Waals surface area contributed by atoms with E-state index in [2.05, 4.69) is 15.6 Å². The molecule has 24 heavy (non-hydrogen) atoms. The monoisotopic (exact) mass is 327 g/mol. The summed E-state index contributed by atoms with van der Waals surface area (Å²) < 4.78 is 5.40. The Kier molecular flexibility index (Phi) is 5.89. The molecule has 0 bridgehead atoms. The number of ether oxygens (including phenoxy) is 1. The van der Waals surface area contributed by atoms with E-state index in [1.54, 1.807) is 36.7 Å². The molecule has 0 aliphatic rings. The molecular weight excluding hydrogens is 306 g/mol. The van der Waals surface area contributed by atoms with Crippen molar-refractivity contribution in [1.29, 1.82) is 0 Å². The van der Waals surface area contributed by atoms with Crippen LogP contribution in [0.4, 0.5) is 5.69 Å². The molecule has 0 aliphatic heterocycles. The Labute approximate surface area is 141 Å². The Morgan fingerprint density at radius 1 is 1.17 bits per heavy atom. The maximum atomic E-state index is 12.1. The molecular formula is C18H21N3O3. The first-order valence-corrected chi connectivity index (χ1v) is 7.76. The van der Waals surface area contributed by atoms with E-state index in [0.29, 0.717) is 12.3 Å². The minimum absolute atomic E-state index is 0.285. The molecule has 6 nitrogen and oxygen atoms in total. The van der Waals surface area contributed by atoms with E-state index in [-0.39, 0.29) is 6.04 Å². The van der Waals surface area contributed by atoms with Crippen LogP contribution in [0.25, 0.3) is 0 Å². The van der Waals surface area contributed by atoms with Crippen molar-refractivity contribution < 1.29 is 14.3 Å². The number of nitrogens with zero attached hydrogens (tertiary/aromatic N) is 1. The van der Waals surface area contributed by atoms with E-state index in [1.165, 1.54) is 0 Å². The number of rotatable bonds is 5. The van der Waals surface area contributed by atoms with Crippen LogP contribution in [0.3, 0.4) is 0 Å². The van der Waals surface area contributed by atoms with Crippen LogP contribution in [0.1, 0.15) is 31.0 Å². The average molecular weight is 327 g/mol. The molecule has 2 amide bonds. The van der Waals surface area contributed by atoms with Gasteiger partial charge >= 0.3 is 11.8 Å². The fraction of sp³-hybridized carbons (Fsp3) is 0.278. The van der Waals surface area contributed by atoms with Crippen molar-refractivity contribution in [2.75, 3.05) is 11.9 Å². The van der Waals surface area contributed by atoms with Gasteiger partial charge in [0.1, 0.15) is 5.75 Å². The summed E-state index contributed by atoms with van der Waals surface area (Å²) in [5.41, 5.74) is 2.28. The van der Waals surface area contributed by atoms with E-state index in [1.807, 2.05) is 26.8 Å². The van der Waals surface area contributed by atoms with Crippen LogP contribution in [-0.2, 0) is 9.59 Å². The minimum Gasteiger partial charge on any atom is -0.494 e. The van der Waals surface area contributed by atoms with Gasteiger partial charge in [-0.3, -0.25) is 14.6 Å². The third-order valence-corrected chi connectivity index (χ3v) is 3.52. The number of carbonyl (C=O) groups is 2. The Bertz CT molecular complexity index is 717. The number of nitrogens with one attached hydrogen (secondary N) is 2. The van der Waals surface area contributed by atoms with Crippen molar-refractivity contribution >= 4 is 17.5 Å². The van der Waals surface area contributed by atoms with Gasteiger partial charge in [0.25, 0.3) is 0 Å². The zero-order valence-electron chi connectivity index (χ0n) is 14.0. The molecule has 6 heteroatoms. The Hall–Kier alpha value is -2.89. The van der Waals surface area contributed by atoms with Gasteiger partial charge in [0, 0.05) is 18.1 Å². The van der Waals surface area contributed by atoms with E-state index < -0.39 is 11.8 Å². The van der Waals surface area contributed by atoms with Crippen LogP contribution < -0.4 is 15.4 Å². The van der Waals surface area contributed by atoms with Crippen molar-refractivity contribution in [3.63, 3.8) is 0 Å². The number of aryl methyl sites for hydroxylation is 1. The van der Waals surface area contributed by atoms with E-state index >= 15 is 0 Å². The van der Waals surface area contributed by atoms with Gasteiger partial charge < -0.3 is 15.4 Å². The number of anilines is 1. The first-order valence-electron chi connectivity index (χ1n) is 7.76. The number of hydrogen-bond acceptors (Lipinski definition) is 4. The van der Waals surface area contributed by atoms with Crippen LogP contribution in [0, 0.1) is 6.92 Å². The number of pyridine rings is 1. The summed E-state index contributed by atoms with van der Waals surface area (Å²) in [5, 5.41) is 5.28. The van der Waals surface area contributed by atoms with Gasteiger partial charge in [0.2, 0.25) is 0 Å². The maximum Gasteiger partial charge on any atom is 0.313 e. The van der Waals surface area contributed by atoms with Crippen molar-refractivity contribution in [3.8, 4) is 5.75 Å². The normalized spacial score (nSPS) is 11.5. The molecule has 1 heterocycles. The van der Waals surface area contributed by atoms with Crippen molar-refractivity contribution in [1.82, 2.24) is 10.3 Å². The molecule has 2 aromatic rings. The van der Waals surface area contributed by atoms with E-state index in [0.717, 1.165) is 16.9 Å². The van der Waals surface area contributed by atoms with Crippen molar-refractivity contribution in [2.45, 2.75) is 26.8 Å². The third kappa shape index (κ3) is 4.55. The maximum absolute atomic E-state index is 12.1. The molecule has 126 valence electrons. The predicted molar refractivity (Wildman–Crippen MR) is 91.8 cm³/mol. The highest BCUT2D eigenvalue weighted by Crippen LogP contribution is 2.21. The summed E-state index contributed by atoms with van der Waals surface area (Å²) in [7, 11) is 0. The summed E-state index contributed by atoms with van der Waals surface area (Å²) in [5.74, 6) is -0.667. The molecule has 2 N–H and O–H groups in total. The summed E-state index contributed by atoms with van der Waals surface area (Å²) in [6, 6.07) is 8.59. The Morgan fingerprint density at radius 2 is 1.88 bits per heavy atom. The van der Waals surface area contributed by atoms with Gasteiger partial charge in [-0.15, -0.1) is 0 Å². The topological polar surface area (TPSA) is 80.3 Å². The molecule has 0 saturated heterocycles. The van der Waals surface area contributed by atoms with Gasteiger partial charge in [-0.2, -0.15) is 0 Å². The zero-order valence-corrected chi connectivity index (χ0v) is 14.0. The number of benzene rings is 1. The zero-order chi connectivity index (χ0) is 17.5. The second kappa shape index (κ2) is 8.10. The van der Waals surface area contributed by atoms with Gasteiger partial charge in [-0.25, -0.2) is 0 Å². The highest BCUT2D eigenvalue weighted by molar-refractivity contribution is 6.39. The summed E-state index contributed by atoms with van der Waals surface area (Å²) in [4.78, 5) is 28.0.